The van der Waals surface area contributed by atoms with Crippen molar-refractivity contribution in [1.29, 1.82) is 5.26 Å². The largest absolute Gasteiger partial charge is 0.470 e. The number of hydrogen-bond donors (Lipinski definition) is 0. The molecular weight excluding hydrogens is 308 g/mol. The Labute approximate surface area is 139 Å². The SMILES string of the molecule is Cc1cnc(C(=O)N2CCCC(Oc3nccnc3C#N)C2)cn1. The zero-order chi connectivity index (χ0) is 16.9. The molecule has 0 radical (unpaired) electrons. The average molecular weight is 324 g/mol. The second kappa shape index (κ2) is 7.00. The summed E-state index contributed by atoms with van der Waals surface area (Å²) in [4.78, 5) is 30.4. The number of aromatic nitrogens is 4. The zero-order valence-corrected chi connectivity index (χ0v) is 13.2. The van der Waals surface area contributed by atoms with Gasteiger partial charge in [-0.15, -0.1) is 0 Å². The van der Waals surface area contributed by atoms with E-state index in [9.17, 15) is 4.79 Å². The van der Waals surface area contributed by atoms with E-state index in [0.29, 0.717) is 18.8 Å². The lowest BCUT2D eigenvalue weighted by atomic mass is 10.1. The van der Waals surface area contributed by atoms with E-state index < -0.39 is 0 Å². The first kappa shape index (κ1) is 15.8. The van der Waals surface area contributed by atoms with E-state index in [4.69, 9.17) is 10.00 Å². The molecule has 122 valence electrons. The van der Waals surface area contributed by atoms with Crippen molar-refractivity contribution in [2.24, 2.45) is 0 Å². The number of amides is 1. The summed E-state index contributed by atoms with van der Waals surface area (Å²) in [5, 5.41) is 9.05. The van der Waals surface area contributed by atoms with Gasteiger partial charge in [0.15, 0.2) is 0 Å². The minimum absolute atomic E-state index is 0.144. The van der Waals surface area contributed by atoms with Crippen LogP contribution in [-0.2, 0) is 0 Å². The van der Waals surface area contributed by atoms with Crippen molar-refractivity contribution in [2.75, 3.05) is 13.1 Å². The molecule has 24 heavy (non-hydrogen) atoms. The van der Waals surface area contributed by atoms with E-state index in [1.165, 1.54) is 18.6 Å². The van der Waals surface area contributed by atoms with Gasteiger partial charge in [-0.05, 0) is 19.8 Å². The molecule has 1 saturated heterocycles. The zero-order valence-electron chi connectivity index (χ0n) is 13.2. The van der Waals surface area contributed by atoms with Crippen LogP contribution in [-0.4, -0.2) is 49.9 Å². The van der Waals surface area contributed by atoms with Crippen molar-refractivity contribution in [3.8, 4) is 11.9 Å². The maximum atomic E-state index is 12.5. The van der Waals surface area contributed by atoms with Crippen LogP contribution in [0.3, 0.4) is 0 Å². The molecule has 1 aliphatic heterocycles. The van der Waals surface area contributed by atoms with E-state index in [2.05, 4.69) is 19.9 Å². The van der Waals surface area contributed by atoms with Crippen LogP contribution in [0.15, 0.2) is 24.8 Å². The maximum absolute atomic E-state index is 12.5. The lowest BCUT2D eigenvalue weighted by Crippen LogP contribution is -2.44. The average Bonchev–Trinajstić information content (AvgIpc) is 2.62. The quantitative estimate of drug-likeness (QED) is 0.833. The molecule has 3 heterocycles. The lowest BCUT2D eigenvalue weighted by Gasteiger charge is -2.32. The van der Waals surface area contributed by atoms with Crippen LogP contribution in [0.4, 0.5) is 0 Å². The minimum atomic E-state index is -0.232. The van der Waals surface area contributed by atoms with Crippen LogP contribution >= 0.6 is 0 Å². The molecule has 8 nitrogen and oxygen atoms in total. The number of rotatable bonds is 3. The maximum Gasteiger partial charge on any atom is 0.274 e. The standard InChI is InChI=1S/C16H16N6O2/c1-11-8-21-14(9-20-11)16(23)22-6-2-3-12(10-22)24-15-13(7-17)18-4-5-19-15/h4-5,8-9,12H,2-3,6,10H2,1H3. The van der Waals surface area contributed by atoms with Gasteiger partial charge >= 0.3 is 0 Å². The fourth-order valence-electron chi connectivity index (χ4n) is 2.53. The third kappa shape index (κ3) is 3.46. The number of hydrogen-bond acceptors (Lipinski definition) is 7. The van der Waals surface area contributed by atoms with Gasteiger partial charge in [-0.25, -0.2) is 15.0 Å². The van der Waals surface area contributed by atoms with Gasteiger partial charge < -0.3 is 9.64 Å². The number of nitrogens with zero attached hydrogens (tertiary/aromatic N) is 6. The topological polar surface area (TPSA) is 105 Å². The molecule has 0 aromatic carbocycles. The Morgan fingerprint density at radius 1 is 1.29 bits per heavy atom. The van der Waals surface area contributed by atoms with Gasteiger partial charge in [0.05, 0.1) is 18.4 Å². The number of carbonyl (C=O) groups is 1. The van der Waals surface area contributed by atoms with Crippen molar-refractivity contribution in [1.82, 2.24) is 24.8 Å². The summed E-state index contributed by atoms with van der Waals surface area (Å²) in [5.41, 5.74) is 1.22. The van der Waals surface area contributed by atoms with Gasteiger partial charge in [-0.2, -0.15) is 5.26 Å². The highest BCUT2D eigenvalue weighted by Gasteiger charge is 2.27. The number of carbonyl (C=O) groups excluding carboxylic acids is 1. The highest BCUT2D eigenvalue weighted by molar-refractivity contribution is 5.92. The molecule has 0 bridgehead atoms. The van der Waals surface area contributed by atoms with E-state index in [1.807, 2.05) is 13.0 Å². The van der Waals surface area contributed by atoms with Crippen LogP contribution in [0.1, 0.15) is 34.7 Å². The van der Waals surface area contributed by atoms with Gasteiger partial charge in [0.25, 0.3) is 11.8 Å². The highest BCUT2D eigenvalue weighted by atomic mass is 16.5. The van der Waals surface area contributed by atoms with Gasteiger partial charge in [0, 0.05) is 25.1 Å². The predicted octanol–water partition coefficient (Wildman–Crippen LogP) is 1.13. The summed E-state index contributed by atoms with van der Waals surface area (Å²) in [5.74, 6) is 0.0323. The number of ether oxygens (including phenoxy) is 1. The number of piperidine rings is 1. The Morgan fingerprint density at radius 2 is 2.12 bits per heavy atom. The van der Waals surface area contributed by atoms with Gasteiger partial charge in [-0.3, -0.25) is 9.78 Å². The van der Waals surface area contributed by atoms with Crippen LogP contribution in [0, 0.1) is 18.3 Å². The third-order valence-electron chi connectivity index (χ3n) is 3.71. The molecular formula is C16H16N6O2. The molecule has 0 saturated carbocycles. The van der Waals surface area contributed by atoms with Crippen molar-refractivity contribution in [3.63, 3.8) is 0 Å². The highest BCUT2D eigenvalue weighted by Crippen LogP contribution is 2.19. The molecule has 2 aromatic heterocycles. The summed E-state index contributed by atoms with van der Waals surface area (Å²) < 4.78 is 5.79. The Morgan fingerprint density at radius 3 is 2.88 bits per heavy atom. The Kier molecular flexibility index (Phi) is 4.61. The molecule has 1 aliphatic rings. The smallest absolute Gasteiger partial charge is 0.274 e. The van der Waals surface area contributed by atoms with Crippen molar-refractivity contribution >= 4 is 5.91 Å². The second-order valence-electron chi connectivity index (χ2n) is 5.50. The van der Waals surface area contributed by atoms with Gasteiger partial charge in [-0.1, -0.05) is 0 Å². The molecule has 1 amide bonds. The summed E-state index contributed by atoms with van der Waals surface area (Å²) in [6.45, 7) is 2.87. The summed E-state index contributed by atoms with van der Waals surface area (Å²) in [6.07, 6.45) is 7.33. The van der Waals surface area contributed by atoms with Crippen molar-refractivity contribution in [3.05, 3.63) is 41.9 Å². The van der Waals surface area contributed by atoms with Gasteiger partial charge in [0.2, 0.25) is 5.69 Å². The summed E-state index contributed by atoms with van der Waals surface area (Å²) in [7, 11) is 0. The van der Waals surface area contributed by atoms with E-state index >= 15 is 0 Å². The molecule has 1 atom stereocenters. The van der Waals surface area contributed by atoms with Crippen molar-refractivity contribution < 1.29 is 9.53 Å². The normalized spacial score (nSPS) is 17.2. The molecule has 1 fully saturated rings. The molecule has 1 unspecified atom stereocenters. The van der Waals surface area contributed by atoms with Crippen LogP contribution in [0.25, 0.3) is 0 Å². The lowest BCUT2D eigenvalue weighted by molar-refractivity contribution is 0.0520. The van der Waals surface area contributed by atoms with Crippen LogP contribution in [0.5, 0.6) is 5.88 Å². The first-order chi connectivity index (χ1) is 11.7. The first-order valence-corrected chi connectivity index (χ1v) is 7.63. The number of nitriles is 1. The Hall–Kier alpha value is -3.08. The molecule has 0 spiro atoms. The summed E-state index contributed by atoms with van der Waals surface area (Å²) in [6, 6.07) is 1.95. The molecule has 8 heteroatoms. The number of likely N-dealkylation sites (tertiary alicyclic amines) is 1. The van der Waals surface area contributed by atoms with Gasteiger partial charge in [0.1, 0.15) is 17.9 Å². The first-order valence-electron chi connectivity index (χ1n) is 7.63. The van der Waals surface area contributed by atoms with E-state index in [0.717, 1.165) is 18.5 Å². The summed E-state index contributed by atoms with van der Waals surface area (Å²) >= 11 is 0. The molecule has 0 N–H and O–H groups in total. The fraction of sp³-hybridized carbons (Fsp3) is 0.375. The third-order valence-corrected chi connectivity index (χ3v) is 3.71. The Bertz CT molecular complexity index is 771. The van der Waals surface area contributed by atoms with E-state index in [-0.39, 0.29) is 23.6 Å². The second-order valence-corrected chi connectivity index (χ2v) is 5.50. The van der Waals surface area contributed by atoms with E-state index in [1.54, 1.807) is 11.1 Å². The predicted molar refractivity (Wildman–Crippen MR) is 83.1 cm³/mol. The number of aryl methyl sites for hydroxylation is 1. The fourth-order valence-corrected chi connectivity index (χ4v) is 2.53. The van der Waals surface area contributed by atoms with Crippen molar-refractivity contribution in [2.45, 2.75) is 25.9 Å². The van der Waals surface area contributed by atoms with Crippen LogP contribution in [0.2, 0.25) is 0 Å². The molecule has 0 aliphatic carbocycles. The molecule has 3 rings (SSSR count). The molecule has 2 aromatic rings. The monoisotopic (exact) mass is 324 g/mol. The minimum Gasteiger partial charge on any atom is -0.470 e. The Balaban J connectivity index is 1.69. The van der Waals surface area contributed by atoms with Crippen LogP contribution < -0.4 is 4.74 Å².